The minimum atomic E-state index is -0.304. The maximum absolute atomic E-state index is 9.80. The highest BCUT2D eigenvalue weighted by Gasteiger charge is 2.21. The van der Waals surface area contributed by atoms with Crippen LogP contribution in [0.15, 0.2) is 30.3 Å². The molecule has 0 unspecified atom stereocenters. The van der Waals surface area contributed by atoms with Gasteiger partial charge in [0.1, 0.15) is 0 Å². The van der Waals surface area contributed by atoms with Crippen molar-refractivity contribution in [2.75, 3.05) is 6.54 Å². The third-order valence-corrected chi connectivity index (χ3v) is 2.51. The Morgan fingerprint density at radius 1 is 1.20 bits per heavy atom. The topological polar surface area (TPSA) is 32.3 Å². The minimum absolute atomic E-state index is 0.0519. The summed E-state index contributed by atoms with van der Waals surface area (Å²) in [7, 11) is 0. The summed E-state index contributed by atoms with van der Waals surface area (Å²) in [5.74, 6) is 0. The van der Waals surface area contributed by atoms with Gasteiger partial charge < -0.3 is 10.4 Å². The van der Waals surface area contributed by atoms with Crippen LogP contribution >= 0.6 is 0 Å². The van der Waals surface area contributed by atoms with Gasteiger partial charge in [-0.2, -0.15) is 0 Å². The summed E-state index contributed by atoms with van der Waals surface area (Å²) >= 11 is 0. The normalized spacial score (nSPS) is 13.9. The molecule has 1 atom stereocenters. The lowest BCUT2D eigenvalue weighted by molar-refractivity contribution is 0.0628. The van der Waals surface area contributed by atoms with Gasteiger partial charge in [0.2, 0.25) is 0 Å². The van der Waals surface area contributed by atoms with E-state index in [9.17, 15) is 5.11 Å². The molecule has 0 fully saturated rings. The summed E-state index contributed by atoms with van der Waals surface area (Å²) in [6.45, 7) is 7.58. The molecule has 0 spiro atoms. The second-order valence-corrected chi connectivity index (χ2v) is 5.00. The number of aliphatic hydroxyl groups is 1. The summed E-state index contributed by atoms with van der Waals surface area (Å²) in [5.41, 5.74) is 1.20. The summed E-state index contributed by atoms with van der Waals surface area (Å²) < 4.78 is 0. The number of aliphatic hydroxyl groups excluding tert-OH is 1. The Hall–Kier alpha value is -0.860. The van der Waals surface area contributed by atoms with Crippen LogP contribution in [0, 0.1) is 5.41 Å². The highest BCUT2D eigenvalue weighted by Crippen LogP contribution is 2.18. The fraction of sp³-hybridized carbons (Fsp3) is 0.538. The number of hydrogen-bond acceptors (Lipinski definition) is 2. The third-order valence-electron chi connectivity index (χ3n) is 2.51. The first kappa shape index (κ1) is 12.2. The highest BCUT2D eigenvalue weighted by atomic mass is 16.3. The Morgan fingerprint density at radius 2 is 1.80 bits per heavy atom. The fourth-order valence-electron chi connectivity index (χ4n) is 1.26. The molecule has 0 saturated carbocycles. The van der Waals surface area contributed by atoms with E-state index >= 15 is 0 Å². The van der Waals surface area contributed by atoms with Crippen molar-refractivity contribution in [2.24, 2.45) is 5.41 Å². The van der Waals surface area contributed by atoms with Crippen molar-refractivity contribution < 1.29 is 5.11 Å². The van der Waals surface area contributed by atoms with Crippen LogP contribution in [0.4, 0.5) is 0 Å². The molecule has 2 heteroatoms. The molecule has 0 aliphatic carbocycles. The van der Waals surface area contributed by atoms with E-state index in [1.54, 1.807) is 0 Å². The molecule has 0 radical (unpaired) electrons. The number of rotatable bonds is 4. The average Bonchev–Trinajstić information content (AvgIpc) is 2.18. The zero-order valence-corrected chi connectivity index (χ0v) is 9.83. The molecule has 1 rings (SSSR count). The van der Waals surface area contributed by atoms with Crippen LogP contribution in [0.5, 0.6) is 0 Å². The lowest BCUT2D eigenvalue weighted by Gasteiger charge is -2.26. The molecule has 0 heterocycles. The molecule has 1 aromatic rings. The van der Waals surface area contributed by atoms with Gasteiger partial charge >= 0.3 is 0 Å². The van der Waals surface area contributed by atoms with Crippen molar-refractivity contribution in [1.29, 1.82) is 0 Å². The molecule has 84 valence electrons. The van der Waals surface area contributed by atoms with Crippen molar-refractivity contribution >= 4 is 0 Å². The van der Waals surface area contributed by atoms with Gasteiger partial charge in [-0.05, 0) is 11.0 Å². The largest absolute Gasteiger partial charge is 0.391 e. The van der Waals surface area contributed by atoms with Crippen LogP contribution in [0.2, 0.25) is 0 Å². The van der Waals surface area contributed by atoms with Gasteiger partial charge in [0.15, 0.2) is 0 Å². The molecule has 1 aromatic carbocycles. The monoisotopic (exact) mass is 207 g/mol. The van der Waals surface area contributed by atoms with Gasteiger partial charge in [0, 0.05) is 13.1 Å². The molecular formula is C13H21NO. The molecule has 0 amide bonds. The smallest absolute Gasteiger partial charge is 0.0712 e. The average molecular weight is 207 g/mol. The predicted molar refractivity (Wildman–Crippen MR) is 63.6 cm³/mol. The summed E-state index contributed by atoms with van der Waals surface area (Å²) in [6, 6.07) is 10.2. The number of nitrogens with one attached hydrogen (secondary N) is 1. The van der Waals surface area contributed by atoms with Gasteiger partial charge in [0.05, 0.1) is 6.10 Å². The highest BCUT2D eigenvalue weighted by molar-refractivity contribution is 5.14. The Kier molecular flexibility index (Phi) is 4.30. The SMILES string of the molecule is CC(C)(C)[C@@H](O)CNCc1ccccc1. The zero-order valence-electron chi connectivity index (χ0n) is 9.83. The first-order valence-corrected chi connectivity index (χ1v) is 5.43. The standard InChI is InChI=1S/C13H21NO/c1-13(2,3)12(15)10-14-9-11-7-5-4-6-8-11/h4-8,12,14-15H,9-10H2,1-3H3/t12-/m0/s1. The van der Waals surface area contributed by atoms with Gasteiger partial charge in [0.25, 0.3) is 0 Å². The van der Waals surface area contributed by atoms with Crippen LogP contribution in [0.3, 0.4) is 0 Å². The van der Waals surface area contributed by atoms with E-state index in [0.29, 0.717) is 6.54 Å². The zero-order chi connectivity index (χ0) is 11.3. The Morgan fingerprint density at radius 3 is 2.33 bits per heavy atom. The van der Waals surface area contributed by atoms with Crippen LogP contribution in [0.25, 0.3) is 0 Å². The molecular weight excluding hydrogens is 186 g/mol. The van der Waals surface area contributed by atoms with Crippen LogP contribution < -0.4 is 5.32 Å². The van der Waals surface area contributed by atoms with Crippen molar-refractivity contribution in [2.45, 2.75) is 33.4 Å². The van der Waals surface area contributed by atoms with Gasteiger partial charge in [-0.25, -0.2) is 0 Å². The molecule has 0 saturated heterocycles. The van der Waals surface area contributed by atoms with Gasteiger partial charge in [-0.3, -0.25) is 0 Å². The van der Waals surface area contributed by atoms with E-state index in [2.05, 4.69) is 17.4 Å². The Labute approximate surface area is 92.3 Å². The quantitative estimate of drug-likeness (QED) is 0.793. The van der Waals surface area contributed by atoms with Crippen LogP contribution in [-0.2, 0) is 6.54 Å². The molecule has 0 aromatic heterocycles. The summed E-state index contributed by atoms with van der Waals surface area (Å²) in [4.78, 5) is 0. The van der Waals surface area contributed by atoms with E-state index in [-0.39, 0.29) is 11.5 Å². The van der Waals surface area contributed by atoms with Crippen molar-refractivity contribution in [1.82, 2.24) is 5.32 Å². The Bertz CT molecular complexity index is 276. The fourth-order valence-corrected chi connectivity index (χ4v) is 1.26. The summed E-state index contributed by atoms with van der Waals surface area (Å²) in [6.07, 6.45) is -0.304. The summed E-state index contributed by atoms with van der Waals surface area (Å²) in [5, 5.41) is 13.1. The third kappa shape index (κ3) is 4.45. The van der Waals surface area contributed by atoms with Gasteiger partial charge in [-0.15, -0.1) is 0 Å². The van der Waals surface area contributed by atoms with E-state index in [1.165, 1.54) is 5.56 Å². The van der Waals surface area contributed by atoms with Crippen LogP contribution in [0.1, 0.15) is 26.3 Å². The van der Waals surface area contributed by atoms with E-state index in [0.717, 1.165) is 6.54 Å². The van der Waals surface area contributed by atoms with Crippen molar-refractivity contribution in [3.05, 3.63) is 35.9 Å². The molecule has 2 nitrogen and oxygen atoms in total. The molecule has 0 aliphatic heterocycles. The lowest BCUT2D eigenvalue weighted by Crippen LogP contribution is -2.36. The number of hydrogen-bond donors (Lipinski definition) is 2. The molecule has 15 heavy (non-hydrogen) atoms. The second kappa shape index (κ2) is 5.29. The van der Waals surface area contributed by atoms with Crippen LogP contribution in [-0.4, -0.2) is 17.8 Å². The first-order valence-electron chi connectivity index (χ1n) is 5.43. The van der Waals surface area contributed by atoms with E-state index in [4.69, 9.17) is 0 Å². The van der Waals surface area contributed by atoms with E-state index < -0.39 is 0 Å². The Balaban J connectivity index is 2.28. The predicted octanol–water partition coefficient (Wildman–Crippen LogP) is 2.18. The minimum Gasteiger partial charge on any atom is -0.391 e. The molecule has 0 aliphatic rings. The maximum Gasteiger partial charge on any atom is 0.0712 e. The van der Waals surface area contributed by atoms with Gasteiger partial charge in [-0.1, -0.05) is 51.1 Å². The maximum atomic E-state index is 9.80. The molecule has 2 N–H and O–H groups in total. The second-order valence-electron chi connectivity index (χ2n) is 5.00. The van der Waals surface area contributed by atoms with E-state index in [1.807, 2.05) is 39.0 Å². The first-order chi connectivity index (χ1) is 7.00. The lowest BCUT2D eigenvalue weighted by atomic mass is 9.89. The molecule has 0 bridgehead atoms. The van der Waals surface area contributed by atoms with Crippen molar-refractivity contribution in [3.8, 4) is 0 Å². The number of benzene rings is 1. The van der Waals surface area contributed by atoms with Crippen molar-refractivity contribution in [3.63, 3.8) is 0 Å².